The molecule has 0 amide bonds. The molecule has 2 N–H and O–H groups in total. The molecule has 0 aliphatic carbocycles. The molecule has 1 aromatic heterocycles. The standard InChI is InChI=1S/C27H29N3O11/c1-15-12-29(26(33)28-25(15)32)24-11-22(23(13-31)40-24)41-27(34)39-16(2)18-9-20(37-3)21(10-19(18)30(35)36)38-14-17-7-5-4-6-8-17/h4-10,12,16,22-24,31H,11,13-14H2,1-3H3,(H,28,32,33)/t16-,22+,23-,24-/m1/s1. The molecular weight excluding hydrogens is 542 g/mol. The van der Waals surface area contributed by atoms with Crippen LogP contribution in [0.4, 0.5) is 10.5 Å². The first kappa shape index (κ1) is 29.3. The largest absolute Gasteiger partial charge is 0.509 e. The lowest BCUT2D eigenvalue weighted by Crippen LogP contribution is -2.33. The van der Waals surface area contributed by atoms with Crippen LogP contribution in [0.5, 0.6) is 11.5 Å². The molecule has 41 heavy (non-hydrogen) atoms. The third-order valence-electron chi connectivity index (χ3n) is 6.52. The summed E-state index contributed by atoms with van der Waals surface area (Å²) in [7, 11) is 1.38. The molecule has 2 aromatic carbocycles. The minimum Gasteiger partial charge on any atom is -0.493 e. The van der Waals surface area contributed by atoms with Gasteiger partial charge in [-0.1, -0.05) is 30.3 Å². The number of ether oxygens (including phenoxy) is 5. The number of nitro benzene ring substituents is 1. The molecule has 2 heterocycles. The summed E-state index contributed by atoms with van der Waals surface area (Å²) in [4.78, 5) is 50.0. The topological polar surface area (TPSA) is 181 Å². The highest BCUT2D eigenvalue weighted by molar-refractivity contribution is 5.62. The summed E-state index contributed by atoms with van der Waals surface area (Å²) >= 11 is 0. The van der Waals surface area contributed by atoms with Crippen molar-refractivity contribution in [1.29, 1.82) is 0 Å². The molecule has 1 aliphatic heterocycles. The monoisotopic (exact) mass is 571 g/mol. The van der Waals surface area contributed by atoms with E-state index in [0.717, 1.165) is 10.1 Å². The Labute approximate surface area is 233 Å². The molecule has 1 saturated heterocycles. The van der Waals surface area contributed by atoms with Crippen LogP contribution in [0.15, 0.2) is 58.3 Å². The van der Waals surface area contributed by atoms with Crippen LogP contribution in [0.25, 0.3) is 0 Å². The van der Waals surface area contributed by atoms with Crippen molar-refractivity contribution in [3.63, 3.8) is 0 Å². The van der Waals surface area contributed by atoms with Gasteiger partial charge in [0.15, 0.2) is 11.5 Å². The number of hydrogen-bond donors (Lipinski definition) is 2. The maximum Gasteiger partial charge on any atom is 0.509 e. The van der Waals surface area contributed by atoms with Crippen LogP contribution in [0, 0.1) is 17.0 Å². The lowest BCUT2D eigenvalue weighted by atomic mass is 10.1. The molecule has 4 rings (SSSR count). The number of nitro groups is 1. The number of nitrogens with zero attached hydrogens (tertiary/aromatic N) is 2. The molecule has 0 spiro atoms. The number of H-pyrrole nitrogens is 1. The summed E-state index contributed by atoms with van der Waals surface area (Å²) in [6, 6.07) is 11.8. The van der Waals surface area contributed by atoms with E-state index in [1.165, 1.54) is 39.3 Å². The van der Waals surface area contributed by atoms with Crippen molar-refractivity contribution < 1.29 is 38.5 Å². The summed E-state index contributed by atoms with van der Waals surface area (Å²) in [5.41, 5.74) is -0.489. The lowest BCUT2D eigenvalue weighted by Gasteiger charge is -2.19. The molecule has 4 atom stereocenters. The number of carbonyl (C=O) groups is 1. The van der Waals surface area contributed by atoms with Crippen molar-refractivity contribution in [2.24, 2.45) is 0 Å². The first-order valence-corrected chi connectivity index (χ1v) is 12.6. The van der Waals surface area contributed by atoms with Crippen LogP contribution in [0.2, 0.25) is 0 Å². The van der Waals surface area contributed by atoms with Crippen LogP contribution >= 0.6 is 0 Å². The molecular formula is C27H29N3O11. The fraction of sp³-hybridized carbons (Fsp3) is 0.370. The number of rotatable bonds is 10. The second-order valence-corrected chi connectivity index (χ2v) is 9.29. The molecule has 0 saturated carbocycles. The van der Waals surface area contributed by atoms with Crippen LogP contribution in [0.1, 0.15) is 42.4 Å². The highest BCUT2D eigenvalue weighted by Crippen LogP contribution is 2.39. The number of aromatic nitrogens is 2. The van der Waals surface area contributed by atoms with Crippen LogP contribution in [0.3, 0.4) is 0 Å². The van der Waals surface area contributed by atoms with Crippen molar-refractivity contribution in [2.75, 3.05) is 13.7 Å². The van der Waals surface area contributed by atoms with Crippen molar-refractivity contribution >= 4 is 11.8 Å². The summed E-state index contributed by atoms with van der Waals surface area (Å²) in [5.74, 6) is 0.327. The predicted octanol–water partition coefficient (Wildman–Crippen LogP) is 2.90. The van der Waals surface area contributed by atoms with Gasteiger partial charge in [0.2, 0.25) is 0 Å². The van der Waals surface area contributed by atoms with E-state index in [-0.39, 0.29) is 41.3 Å². The van der Waals surface area contributed by atoms with Gasteiger partial charge in [0.25, 0.3) is 11.2 Å². The van der Waals surface area contributed by atoms with Gasteiger partial charge in [-0.2, -0.15) is 0 Å². The minimum atomic E-state index is -1.17. The van der Waals surface area contributed by atoms with E-state index in [1.807, 2.05) is 30.3 Å². The van der Waals surface area contributed by atoms with Crippen LogP contribution in [-0.2, 0) is 20.8 Å². The van der Waals surface area contributed by atoms with E-state index < -0.39 is 53.5 Å². The zero-order valence-corrected chi connectivity index (χ0v) is 22.5. The van der Waals surface area contributed by atoms with Gasteiger partial charge in [-0.25, -0.2) is 9.59 Å². The quantitative estimate of drug-likeness (QED) is 0.207. The second kappa shape index (κ2) is 12.7. The van der Waals surface area contributed by atoms with Crippen molar-refractivity contribution in [2.45, 2.75) is 51.4 Å². The van der Waals surface area contributed by atoms with Gasteiger partial charge in [-0.3, -0.25) is 24.5 Å². The number of benzene rings is 2. The van der Waals surface area contributed by atoms with E-state index in [4.69, 9.17) is 23.7 Å². The number of methoxy groups -OCH3 is 1. The maximum absolute atomic E-state index is 12.7. The predicted molar refractivity (Wildman–Crippen MR) is 142 cm³/mol. The number of aliphatic hydroxyl groups excluding tert-OH is 1. The van der Waals surface area contributed by atoms with E-state index in [0.29, 0.717) is 0 Å². The molecule has 1 aliphatic rings. The summed E-state index contributed by atoms with van der Waals surface area (Å²) in [5, 5.41) is 21.6. The Hall–Kier alpha value is -4.69. The Balaban J connectivity index is 1.47. The zero-order valence-electron chi connectivity index (χ0n) is 22.5. The minimum absolute atomic E-state index is 0.0263. The zero-order chi connectivity index (χ0) is 29.7. The third kappa shape index (κ3) is 6.73. The van der Waals surface area contributed by atoms with Gasteiger partial charge in [-0.15, -0.1) is 0 Å². The highest BCUT2D eigenvalue weighted by atomic mass is 16.7. The Morgan fingerprint density at radius 2 is 1.98 bits per heavy atom. The van der Waals surface area contributed by atoms with Gasteiger partial charge >= 0.3 is 11.8 Å². The molecule has 218 valence electrons. The van der Waals surface area contributed by atoms with Gasteiger partial charge in [-0.05, 0) is 25.5 Å². The summed E-state index contributed by atoms with van der Waals surface area (Å²) in [6.45, 7) is 2.55. The number of hydrogen-bond acceptors (Lipinski definition) is 11. The van der Waals surface area contributed by atoms with Crippen molar-refractivity contribution in [3.8, 4) is 11.5 Å². The lowest BCUT2D eigenvalue weighted by molar-refractivity contribution is -0.386. The van der Waals surface area contributed by atoms with Crippen molar-refractivity contribution in [3.05, 3.63) is 96.3 Å². The Bertz CT molecular complexity index is 1520. The Morgan fingerprint density at radius 1 is 1.24 bits per heavy atom. The number of aromatic amines is 1. The number of nitrogens with one attached hydrogen (secondary N) is 1. The normalized spacial score (nSPS) is 18.9. The number of aliphatic hydroxyl groups is 1. The van der Waals surface area contributed by atoms with Gasteiger partial charge in [0, 0.05) is 18.2 Å². The smallest absolute Gasteiger partial charge is 0.493 e. The highest BCUT2D eigenvalue weighted by Gasteiger charge is 2.40. The van der Waals surface area contributed by atoms with Gasteiger partial charge in [0.1, 0.15) is 31.1 Å². The van der Waals surface area contributed by atoms with Crippen LogP contribution < -0.4 is 20.7 Å². The number of carbonyl (C=O) groups excluding carboxylic acids is 1. The molecule has 3 aromatic rings. The van der Waals surface area contributed by atoms with E-state index in [9.17, 15) is 29.6 Å². The number of aryl methyl sites for hydroxylation is 1. The molecule has 14 heteroatoms. The van der Waals surface area contributed by atoms with Gasteiger partial charge < -0.3 is 28.8 Å². The third-order valence-corrected chi connectivity index (χ3v) is 6.52. The summed E-state index contributed by atoms with van der Waals surface area (Å²) < 4.78 is 28.6. The molecule has 14 nitrogen and oxygen atoms in total. The van der Waals surface area contributed by atoms with E-state index >= 15 is 0 Å². The summed E-state index contributed by atoms with van der Waals surface area (Å²) in [6.07, 6.45) is -3.97. The first-order valence-electron chi connectivity index (χ1n) is 12.6. The Kier molecular flexibility index (Phi) is 9.04. The average molecular weight is 572 g/mol. The maximum atomic E-state index is 12.7. The molecule has 0 unspecified atom stereocenters. The van der Waals surface area contributed by atoms with Crippen LogP contribution in [-0.4, -0.2) is 51.7 Å². The van der Waals surface area contributed by atoms with Crippen molar-refractivity contribution in [1.82, 2.24) is 9.55 Å². The van der Waals surface area contributed by atoms with E-state index in [2.05, 4.69) is 4.98 Å². The fourth-order valence-electron chi connectivity index (χ4n) is 4.37. The molecule has 0 radical (unpaired) electrons. The first-order chi connectivity index (χ1) is 19.6. The fourth-order valence-corrected chi connectivity index (χ4v) is 4.37. The Morgan fingerprint density at radius 3 is 2.63 bits per heavy atom. The SMILES string of the molecule is COc1cc([C@@H](C)OC(=O)O[C@H]2C[C@H](n3cc(C)c(=O)[nH]c3=O)O[C@@H]2CO)c([N+](=O)[O-])cc1OCc1ccccc1. The molecule has 1 fully saturated rings. The second-order valence-electron chi connectivity index (χ2n) is 9.29. The average Bonchev–Trinajstić information content (AvgIpc) is 3.35. The van der Waals surface area contributed by atoms with Gasteiger partial charge in [0.05, 0.1) is 30.3 Å². The van der Waals surface area contributed by atoms with E-state index in [1.54, 1.807) is 0 Å². The molecule has 0 bridgehead atoms.